The van der Waals surface area contributed by atoms with E-state index in [2.05, 4.69) is 5.10 Å². The maximum Gasteiger partial charge on any atom is 0.308 e. The van der Waals surface area contributed by atoms with Crippen molar-refractivity contribution in [2.45, 2.75) is 32.7 Å². The molecule has 3 heterocycles. The minimum absolute atomic E-state index is 0.0775. The predicted molar refractivity (Wildman–Crippen MR) is 77.7 cm³/mol. The summed E-state index contributed by atoms with van der Waals surface area (Å²) in [7, 11) is 1.40. The number of hydrogen-bond acceptors (Lipinski definition) is 5. The molecule has 0 N–H and O–H groups in total. The third-order valence-electron chi connectivity index (χ3n) is 4.40. The van der Waals surface area contributed by atoms with Gasteiger partial charge in [0, 0.05) is 31.6 Å². The first-order chi connectivity index (χ1) is 10.6. The van der Waals surface area contributed by atoms with E-state index in [1.807, 2.05) is 6.92 Å². The second kappa shape index (κ2) is 5.98. The standard InChI is InChI=1S/C15H21N3O4/c1-10-12(16-18-6-3-9-22-14(10)18)13(19)17-7-4-11(5-8-17)15(20)21-2/h11H,3-9H2,1-2H3. The Bertz CT molecular complexity index is 588. The highest BCUT2D eigenvalue weighted by molar-refractivity contribution is 5.94. The molecule has 0 unspecified atom stereocenters. The van der Waals surface area contributed by atoms with Crippen LogP contribution < -0.4 is 4.74 Å². The van der Waals surface area contributed by atoms with E-state index < -0.39 is 0 Å². The van der Waals surface area contributed by atoms with Crippen molar-refractivity contribution < 1.29 is 19.1 Å². The number of amides is 1. The number of hydrogen-bond donors (Lipinski definition) is 0. The van der Waals surface area contributed by atoms with Crippen LogP contribution in [-0.4, -0.2) is 53.4 Å². The number of ether oxygens (including phenoxy) is 2. The number of aromatic nitrogens is 2. The first-order valence-corrected chi connectivity index (χ1v) is 7.69. The highest BCUT2D eigenvalue weighted by Crippen LogP contribution is 2.27. The van der Waals surface area contributed by atoms with E-state index in [9.17, 15) is 9.59 Å². The van der Waals surface area contributed by atoms with Gasteiger partial charge in [0.2, 0.25) is 5.88 Å². The lowest BCUT2D eigenvalue weighted by molar-refractivity contribution is -0.146. The molecule has 7 heteroatoms. The first-order valence-electron chi connectivity index (χ1n) is 7.69. The normalized spacial score (nSPS) is 18.5. The number of esters is 1. The zero-order valence-electron chi connectivity index (χ0n) is 13.0. The Morgan fingerprint density at radius 1 is 1.27 bits per heavy atom. The molecule has 7 nitrogen and oxygen atoms in total. The number of piperidine rings is 1. The second-order valence-corrected chi connectivity index (χ2v) is 5.79. The summed E-state index contributed by atoms with van der Waals surface area (Å²) in [6, 6.07) is 0. The third-order valence-corrected chi connectivity index (χ3v) is 4.40. The van der Waals surface area contributed by atoms with E-state index in [0.29, 0.717) is 44.1 Å². The van der Waals surface area contributed by atoms with Gasteiger partial charge in [0.05, 0.1) is 19.6 Å². The number of aryl methyl sites for hydroxylation is 1. The molecule has 3 rings (SSSR count). The van der Waals surface area contributed by atoms with E-state index in [-0.39, 0.29) is 17.8 Å². The molecular weight excluding hydrogens is 286 g/mol. The van der Waals surface area contributed by atoms with Gasteiger partial charge in [-0.2, -0.15) is 5.10 Å². The predicted octanol–water partition coefficient (Wildman–Crippen LogP) is 0.999. The fourth-order valence-corrected chi connectivity index (χ4v) is 3.09. The van der Waals surface area contributed by atoms with Crippen LogP contribution in [0, 0.1) is 12.8 Å². The van der Waals surface area contributed by atoms with Crippen LogP contribution in [0.5, 0.6) is 5.88 Å². The van der Waals surface area contributed by atoms with Gasteiger partial charge in [-0.05, 0) is 19.8 Å². The summed E-state index contributed by atoms with van der Waals surface area (Å²) < 4.78 is 12.1. The zero-order valence-corrected chi connectivity index (χ0v) is 13.0. The summed E-state index contributed by atoms with van der Waals surface area (Å²) in [4.78, 5) is 26.0. The zero-order chi connectivity index (χ0) is 15.7. The minimum atomic E-state index is -0.186. The Morgan fingerprint density at radius 2 is 2.00 bits per heavy atom. The van der Waals surface area contributed by atoms with Crippen molar-refractivity contribution in [2.75, 3.05) is 26.8 Å². The molecule has 22 heavy (non-hydrogen) atoms. The molecule has 1 aromatic rings. The van der Waals surface area contributed by atoms with Gasteiger partial charge >= 0.3 is 5.97 Å². The fourth-order valence-electron chi connectivity index (χ4n) is 3.09. The van der Waals surface area contributed by atoms with Crippen LogP contribution in [0.25, 0.3) is 0 Å². The SMILES string of the molecule is COC(=O)C1CCN(C(=O)c2nn3c(c2C)OCCC3)CC1. The Hall–Kier alpha value is -2.05. The van der Waals surface area contributed by atoms with Crippen LogP contribution in [0.1, 0.15) is 35.3 Å². The van der Waals surface area contributed by atoms with Crippen molar-refractivity contribution in [1.82, 2.24) is 14.7 Å². The van der Waals surface area contributed by atoms with Gasteiger partial charge in [-0.15, -0.1) is 0 Å². The molecule has 0 aromatic carbocycles. The summed E-state index contributed by atoms with van der Waals surface area (Å²) in [5.41, 5.74) is 1.27. The summed E-state index contributed by atoms with van der Waals surface area (Å²) >= 11 is 0. The maximum atomic E-state index is 12.7. The smallest absolute Gasteiger partial charge is 0.308 e. The Labute approximate surface area is 129 Å². The number of carbonyl (C=O) groups is 2. The average molecular weight is 307 g/mol. The molecule has 1 saturated heterocycles. The lowest BCUT2D eigenvalue weighted by atomic mass is 9.97. The van der Waals surface area contributed by atoms with Crippen LogP contribution in [0.3, 0.4) is 0 Å². The van der Waals surface area contributed by atoms with Crippen molar-refractivity contribution >= 4 is 11.9 Å². The number of rotatable bonds is 2. The Balaban J connectivity index is 1.70. The van der Waals surface area contributed by atoms with Gasteiger partial charge in [-0.1, -0.05) is 0 Å². The van der Waals surface area contributed by atoms with Gasteiger partial charge in [-0.3, -0.25) is 9.59 Å². The number of nitrogens with zero attached hydrogens (tertiary/aromatic N) is 3. The maximum absolute atomic E-state index is 12.7. The largest absolute Gasteiger partial charge is 0.478 e. The molecule has 120 valence electrons. The van der Waals surface area contributed by atoms with Gasteiger partial charge < -0.3 is 14.4 Å². The summed E-state index contributed by atoms with van der Waals surface area (Å²) in [6.07, 6.45) is 2.19. The van der Waals surface area contributed by atoms with E-state index in [1.165, 1.54) is 7.11 Å². The molecule has 1 amide bonds. The van der Waals surface area contributed by atoms with E-state index in [0.717, 1.165) is 18.5 Å². The minimum Gasteiger partial charge on any atom is -0.478 e. The molecule has 0 aliphatic carbocycles. The van der Waals surface area contributed by atoms with Crippen molar-refractivity contribution in [3.05, 3.63) is 11.3 Å². The average Bonchev–Trinajstić information content (AvgIpc) is 2.91. The molecular formula is C15H21N3O4. The van der Waals surface area contributed by atoms with Crippen LogP contribution in [-0.2, 0) is 16.1 Å². The Kier molecular flexibility index (Phi) is 4.04. The molecule has 0 atom stereocenters. The number of methoxy groups -OCH3 is 1. The number of carbonyl (C=O) groups excluding carboxylic acids is 2. The Morgan fingerprint density at radius 3 is 2.64 bits per heavy atom. The number of likely N-dealkylation sites (tertiary alicyclic amines) is 1. The molecule has 1 aromatic heterocycles. The van der Waals surface area contributed by atoms with Crippen molar-refractivity contribution in [3.8, 4) is 5.88 Å². The second-order valence-electron chi connectivity index (χ2n) is 5.79. The van der Waals surface area contributed by atoms with Crippen molar-refractivity contribution in [1.29, 1.82) is 0 Å². The van der Waals surface area contributed by atoms with Crippen molar-refractivity contribution in [3.63, 3.8) is 0 Å². The summed E-state index contributed by atoms with van der Waals surface area (Å²) in [6.45, 7) is 4.44. The van der Waals surface area contributed by atoms with Gasteiger partial charge in [0.1, 0.15) is 0 Å². The van der Waals surface area contributed by atoms with Crippen LogP contribution in [0.15, 0.2) is 0 Å². The molecule has 0 saturated carbocycles. The van der Waals surface area contributed by atoms with Crippen LogP contribution >= 0.6 is 0 Å². The third kappa shape index (κ3) is 2.55. The van der Waals surface area contributed by atoms with Crippen LogP contribution in [0.4, 0.5) is 0 Å². The summed E-state index contributed by atoms with van der Waals surface area (Å²) in [5.74, 6) is 0.341. The topological polar surface area (TPSA) is 73.7 Å². The number of fused-ring (bicyclic) bond motifs is 1. The lowest BCUT2D eigenvalue weighted by Crippen LogP contribution is -2.40. The first kappa shape index (κ1) is 14.9. The molecule has 2 aliphatic rings. The molecule has 0 spiro atoms. The molecule has 1 fully saturated rings. The van der Waals surface area contributed by atoms with E-state index in [4.69, 9.17) is 9.47 Å². The van der Waals surface area contributed by atoms with Crippen LogP contribution in [0.2, 0.25) is 0 Å². The highest BCUT2D eigenvalue weighted by Gasteiger charge is 2.31. The summed E-state index contributed by atoms with van der Waals surface area (Å²) in [5, 5.41) is 4.40. The fraction of sp³-hybridized carbons (Fsp3) is 0.667. The van der Waals surface area contributed by atoms with E-state index >= 15 is 0 Å². The van der Waals surface area contributed by atoms with Gasteiger partial charge in [0.25, 0.3) is 5.91 Å². The molecule has 0 radical (unpaired) electrons. The molecule has 2 aliphatic heterocycles. The van der Waals surface area contributed by atoms with Gasteiger partial charge in [-0.25, -0.2) is 4.68 Å². The highest BCUT2D eigenvalue weighted by atomic mass is 16.5. The van der Waals surface area contributed by atoms with Crippen molar-refractivity contribution in [2.24, 2.45) is 5.92 Å². The van der Waals surface area contributed by atoms with Gasteiger partial charge in [0.15, 0.2) is 5.69 Å². The monoisotopic (exact) mass is 307 g/mol. The lowest BCUT2D eigenvalue weighted by Gasteiger charge is -2.30. The molecule has 0 bridgehead atoms. The quantitative estimate of drug-likeness (QED) is 0.762. The van der Waals surface area contributed by atoms with E-state index in [1.54, 1.807) is 9.58 Å².